The van der Waals surface area contributed by atoms with Gasteiger partial charge in [-0.05, 0) is 30.0 Å². The lowest BCUT2D eigenvalue weighted by atomic mass is 10.0. The van der Waals surface area contributed by atoms with Gasteiger partial charge in [0.2, 0.25) is 5.91 Å². The molecule has 0 unspecified atom stereocenters. The molecule has 0 radical (unpaired) electrons. The van der Waals surface area contributed by atoms with Gasteiger partial charge in [-0.1, -0.05) is 37.8 Å². The number of aromatic nitrogens is 3. The average Bonchev–Trinajstić information content (AvgIpc) is 3.20. The van der Waals surface area contributed by atoms with E-state index in [9.17, 15) is 4.79 Å². The highest BCUT2D eigenvalue weighted by molar-refractivity contribution is 5.90. The first-order valence-corrected chi connectivity index (χ1v) is 8.01. The molecule has 1 aliphatic carbocycles. The van der Waals surface area contributed by atoms with Gasteiger partial charge in [0, 0.05) is 12.1 Å². The van der Waals surface area contributed by atoms with E-state index in [1.165, 1.54) is 32.0 Å². The Hall–Kier alpha value is -2.17. The molecule has 3 rings (SSSR count). The van der Waals surface area contributed by atoms with Gasteiger partial charge in [-0.2, -0.15) is 5.10 Å². The largest absolute Gasteiger partial charge is 0.326 e. The minimum absolute atomic E-state index is 0.121. The molecular formula is C17H22N4O. The zero-order chi connectivity index (χ0) is 15.2. The van der Waals surface area contributed by atoms with Gasteiger partial charge >= 0.3 is 0 Å². The lowest BCUT2D eigenvalue weighted by Crippen LogP contribution is -2.12. The number of carbonyl (C=O) groups is 1. The second-order valence-electron chi connectivity index (χ2n) is 6.03. The number of benzene rings is 1. The number of carbonyl (C=O) groups excluding carboxylic acids is 1. The van der Waals surface area contributed by atoms with Crippen LogP contribution in [0, 0.1) is 5.92 Å². The van der Waals surface area contributed by atoms with Crippen molar-refractivity contribution >= 4 is 11.6 Å². The lowest BCUT2D eigenvalue weighted by Gasteiger charge is -2.09. The van der Waals surface area contributed by atoms with E-state index in [-0.39, 0.29) is 5.91 Å². The van der Waals surface area contributed by atoms with Crippen LogP contribution in [0.25, 0.3) is 0 Å². The number of anilines is 1. The predicted molar refractivity (Wildman–Crippen MR) is 85.4 cm³/mol. The Morgan fingerprint density at radius 1 is 1.23 bits per heavy atom. The van der Waals surface area contributed by atoms with Gasteiger partial charge in [-0.3, -0.25) is 4.79 Å². The number of nitrogens with one attached hydrogen (secondary N) is 1. The summed E-state index contributed by atoms with van der Waals surface area (Å²) in [5.74, 6) is 0.881. The summed E-state index contributed by atoms with van der Waals surface area (Å²) in [5, 5.41) is 7.06. The van der Waals surface area contributed by atoms with Crippen LogP contribution in [-0.2, 0) is 11.3 Å². The molecule has 22 heavy (non-hydrogen) atoms. The van der Waals surface area contributed by atoms with Gasteiger partial charge in [0.15, 0.2) is 0 Å². The Bertz CT molecular complexity index is 586. The van der Waals surface area contributed by atoms with Gasteiger partial charge < -0.3 is 5.32 Å². The highest BCUT2D eigenvalue weighted by Crippen LogP contribution is 2.28. The molecule has 5 heteroatoms. The molecule has 1 N–H and O–H groups in total. The van der Waals surface area contributed by atoms with Crippen molar-refractivity contribution in [3.8, 4) is 0 Å². The monoisotopic (exact) mass is 298 g/mol. The number of amides is 1. The first-order chi connectivity index (χ1) is 10.8. The highest BCUT2D eigenvalue weighted by Gasteiger charge is 2.16. The van der Waals surface area contributed by atoms with E-state index in [2.05, 4.69) is 15.4 Å². The van der Waals surface area contributed by atoms with E-state index in [1.54, 1.807) is 11.0 Å². The van der Waals surface area contributed by atoms with Crippen LogP contribution < -0.4 is 5.32 Å². The van der Waals surface area contributed by atoms with E-state index in [1.807, 2.05) is 24.3 Å². The smallest absolute Gasteiger partial charge is 0.224 e. The van der Waals surface area contributed by atoms with Crippen molar-refractivity contribution in [1.82, 2.24) is 14.8 Å². The van der Waals surface area contributed by atoms with Crippen molar-refractivity contribution < 1.29 is 4.79 Å². The van der Waals surface area contributed by atoms with Crippen LogP contribution in [-0.4, -0.2) is 20.7 Å². The standard InChI is InChI=1S/C17H22N4O/c22-17(10-7-14-3-1-2-4-14)20-16-8-5-15(6-9-16)11-21-13-18-12-19-21/h5-6,8-9,12-14H,1-4,7,10-11H2,(H,20,22). The fraction of sp³-hybridized carbons (Fsp3) is 0.471. The molecular weight excluding hydrogens is 276 g/mol. The molecule has 0 aliphatic heterocycles. The molecule has 1 amide bonds. The maximum atomic E-state index is 12.0. The first kappa shape index (κ1) is 14.8. The molecule has 116 valence electrons. The molecule has 1 heterocycles. The van der Waals surface area contributed by atoms with Gasteiger partial charge in [0.25, 0.3) is 0 Å². The molecule has 0 saturated heterocycles. The van der Waals surface area contributed by atoms with Crippen LogP contribution in [0.15, 0.2) is 36.9 Å². The lowest BCUT2D eigenvalue weighted by molar-refractivity contribution is -0.116. The van der Waals surface area contributed by atoms with E-state index in [0.29, 0.717) is 13.0 Å². The van der Waals surface area contributed by atoms with Gasteiger partial charge in [-0.15, -0.1) is 0 Å². The summed E-state index contributed by atoms with van der Waals surface area (Å²) >= 11 is 0. The summed E-state index contributed by atoms with van der Waals surface area (Å²) in [5.41, 5.74) is 1.99. The fourth-order valence-electron chi connectivity index (χ4n) is 3.05. The molecule has 1 fully saturated rings. The first-order valence-electron chi connectivity index (χ1n) is 8.01. The summed E-state index contributed by atoms with van der Waals surface area (Å²) in [4.78, 5) is 15.9. The normalized spacial score (nSPS) is 15.1. The predicted octanol–water partition coefficient (Wildman–Crippen LogP) is 3.24. The zero-order valence-corrected chi connectivity index (χ0v) is 12.7. The Morgan fingerprint density at radius 2 is 2.00 bits per heavy atom. The van der Waals surface area contributed by atoms with Crippen molar-refractivity contribution in [3.63, 3.8) is 0 Å². The summed E-state index contributed by atoms with van der Waals surface area (Å²) < 4.78 is 1.77. The summed E-state index contributed by atoms with van der Waals surface area (Å²) in [6.07, 6.45) is 10.1. The summed E-state index contributed by atoms with van der Waals surface area (Å²) in [6.45, 7) is 0.690. The molecule has 1 saturated carbocycles. The van der Waals surface area contributed by atoms with Crippen LogP contribution in [0.2, 0.25) is 0 Å². The maximum Gasteiger partial charge on any atom is 0.224 e. The molecule has 2 aromatic rings. The third-order valence-electron chi connectivity index (χ3n) is 4.30. The Morgan fingerprint density at radius 3 is 2.68 bits per heavy atom. The topological polar surface area (TPSA) is 59.8 Å². The molecule has 1 aromatic carbocycles. The number of hydrogen-bond acceptors (Lipinski definition) is 3. The average molecular weight is 298 g/mol. The Balaban J connectivity index is 1.46. The number of rotatable bonds is 6. The van der Waals surface area contributed by atoms with E-state index < -0.39 is 0 Å². The SMILES string of the molecule is O=C(CCC1CCCC1)Nc1ccc(Cn2cncn2)cc1. The van der Waals surface area contributed by atoms with Crippen LogP contribution in [0.1, 0.15) is 44.1 Å². The third kappa shape index (κ3) is 4.16. The Kier molecular flexibility index (Phi) is 4.83. The van der Waals surface area contributed by atoms with Crippen molar-refractivity contribution in [1.29, 1.82) is 0 Å². The van der Waals surface area contributed by atoms with E-state index in [0.717, 1.165) is 23.6 Å². The molecule has 5 nitrogen and oxygen atoms in total. The number of nitrogens with zero attached hydrogens (tertiary/aromatic N) is 3. The van der Waals surface area contributed by atoms with Crippen molar-refractivity contribution in [2.45, 2.75) is 45.1 Å². The second kappa shape index (κ2) is 7.20. The minimum Gasteiger partial charge on any atom is -0.326 e. The van der Waals surface area contributed by atoms with E-state index >= 15 is 0 Å². The fourth-order valence-corrected chi connectivity index (χ4v) is 3.05. The minimum atomic E-state index is 0.121. The zero-order valence-electron chi connectivity index (χ0n) is 12.7. The van der Waals surface area contributed by atoms with Crippen molar-refractivity contribution in [3.05, 3.63) is 42.5 Å². The molecule has 0 atom stereocenters. The van der Waals surface area contributed by atoms with Crippen LogP contribution in [0.4, 0.5) is 5.69 Å². The van der Waals surface area contributed by atoms with Crippen LogP contribution in [0.3, 0.4) is 0 Å². The van der Waals surface area contributed by atoms with Gasteiger partial charge in [0.1, 0.15) is 12.7 Å². The highest BCUT2D eigenvalue weighted by atomic mass is 16.1. The molecule has 1 aliphatic rings. The van der Waals surface area contributed by atoms with Crippen molar-refractivity contribution in [2.75, 3.05) is 5.32 Å². The second-order valence-corrected chi connectivity index (χ2v) is 6.03. The molecule has 0 spiro atoms. The van der Waals surface area contributed by atoms with E-state index in [4.69, 9.17) is 0 Å². The molecule has 0 bridgehead atoms. The third-order valence-corrected chi connectivity index (χ3v) is 4.30. The van der Waals surface area contributed by atoms with Gasteiger partial charge in [0.05, 0.1) is 6.54 Å². The maximum absolute atomic E-state index is 12.0. The quantitative estimate of drug-likeness (QED) is 0.890. The number of hydrogen-bond donors (Lipinski definition) is 1. The van der Waals surface area contributed by atoms with Crippen LogP contribution in [0.5, 0.6) is 0 Å². The molecule has 1 aromatic heterocycles. The summed E-state index contributed by atoms with van der Waals surface area (Å²) in [7, 11) is 0. The van der Waals surface area contributed by atoms with Crippen molar-refractivity contribution in [2.24, 2.45) is 5.92 Å². The Labute approximate surface area is 130 Å². The van der Waals surface area contributed by atoms with Crippen LogP contribution >= 0.6 is 0 Å². The summed E-state index contributed by atoms with van der Waals surface area (Å²) in [6, 6.07) is 7.90. The van der Waals surface area contributed by atoms with Gasteiger partial charge in [-0.25, -0.2) is 9.67 Å².